The summed E-state index contributed by atoms with van der Waals surface area (Å²) in [7, 11) is 3.32. The van der Waals surface area contributed by atoms with Crippen LogP contribution in [-0.2, 0) is 20.8 Å². The highest BCUT2D eigenvalue weighted by atomic mass is 16.5. The molecule has 1 aromatic rings. The first-order chi connectivity index (χ1) is 12.0. The highest BCUT2D eigenvalue weighted by molar-refractivity contribution is 5.94. The van der Waals surface area contributed by atoms with Gasteiger partial charge in [-0.15, -0.1) is 0 Å². The largest absolute Gasteiger partial charge is 0.483 e. The van der Waals surface area contributed by atoms with Gasteiger partial charge in [0.15, 0.2) is 0 Å². The summed E-state index contributed by atoms with van der Waals surface area (Å²) in [4.78, 5) is 9.46. The summed E-state index contributed by atoms with van der Waals surface area (Å²) in [6, 6.07) is 10.0. The average Bonchev–Trinajstić information content (AvgIpc) is 2.62. The molecule has 0 amide bonds. The molecule has 1 aromatic carbocycles. The van der Waals surface area contributed by atoms with Gasteiger partial charge in [0, 0.05) is 6.61 Å². The summed E-state index contributed by atoms with van der Waals surface area (Å²) in [6.45, 7) is 7.68. The van der Waals surface area contributed by atoms with E-state index in [1.807, 2.05) is 18.2 Å². The maximum atomic E-state index is 5.84. The van der Waals surface area contributed by atoms with Crippen molar-refractivity contribution >= 4 is 11.8 Å². The van der Waals surface area contributed by atoms with Crippen LogP contribution in [0.5, 0.6) is 0 Å². The van der Waals surface area contributed by atoms with Gasteiger partial charge in [-0.25, -0.2) is 9.98 Å². The number of nitrogens with zero attached hydrogens (tertiary/aromatic N) is 2. The molecule has 0 N–H and O–H groups in total. The van der Waals surface area contributed by atoms with E-state index in [1.54, 1.807) is 14.2 Å². The molecular formula is C20H30N2O3. The van der Waals surface area contributed by atoms with Crippen LogP contribution in [0.4, 0.5) is 0 Å². The molecule has 0 unspecified atom stereocenters. The molecule has 0 saturated carbocycles. The fourth-order valence-electron chi connectivity index (χ4n) is 2.91. The molecule has 25 heavy (non-hydrogen) atoms. The zero-order valence-electron chi connectivity index (χ0n) is 15.9. The van der Waals surface area contributed by atoms with Crippen LogP contribution in [0.15, 0.2) is 40.3 Å². The molecule has 5 heteroatoms. The van der Waals surface area contributed by atoms with Gasteiger partial charge in [0.2, 0.25) is 11.8 Å². The number of methoxy groups -OCH3 is 2. The standard InChI is InChI=1S/C20H30N2O3/c1-14(2)18-20(24-5)21-17(19(22-18)23-4)11-15(3)12-25-13-16-9-7-6-8-10-16/h6-10,14-15,17-18H,11-13H2,1-5H3/t15-,17+,18-/m1/s1. The SMILES string of the molecule is COC1=N[C@H](C(C)C)C(OC)=N[C@H]1C[C@@H](C)COCc1ccccc1. The molecule has 1 heterocycles. The number of hydrogen-bond acceptors (Lipinski definition) is 5. The quantitative estimate of drug-likeness (QED) is 0.756. The van der Waals surface area contributed by atoms with Crippen LogP contribution in [0.2, 0.25) is 0 Å². The second-order valence-corrected chi connectivity index (χ2v) is 6.89. The molecule has 1 aliphatic rings. The van der Waals surface area contributed by atoms with Crippen LogP contribution < -0.4 is 0 Å². The van der Waals surface area contributed by atoms with Gasteiger partial charge in [-0.3, -0.25) is 0 Å². The molecule has 0 bridgehead atoms. The summed E-state index contributed by atoms with van der Waals surface area (Å²) in [5.74, 6) is 2.04. The fourth-order valence-corrected chi connectivity index (χ4v) is 2.91. The molecule has 0 aromatic heterocycles. The molecule has 5 nitrogen and oxygen atoms in total. The van der Waals surface area contributed by atoms with Crippen LogP contribution in [0.1, 0.15) is 32.8 Å². The predicted molar refractivity (Wildman–Crippen MR) is 101 cm³/mol. The lowest BCUT2D eigenvalue weighted by Gasteiger charge is -2.28. The minimum absolute atomic E-state index is 0.0687. The van der Waals surface area contributed by atoms with Gasteiger partial charge < -0.3 is 14.2 Å². The van der Waals surface area contributed by atoms with Crippen molar-refractivity contribution in [2.75, 3.05) is 20.8 Å². The van der Waals surface area contributed by atoms with Gasteiger partial charge in [0.05, 0.1) is 20.8 Å². The Labute approximate surface area is 151 Å². The van der Waals surface area contributed by atoms with Gasteiger partial charge in [-0.05, 0) is 23.8 Å². The summed E-state index contributed by atoms with van der Waals surface area (Å²) >= 11 is 0. The van der Waals surface area contributed by atoms with Crippen molar-refractivity contribution in [3.63, 3.8) is 0 Å². The third-order valence-electron chi connectivity index (χ3n) is 4.28. The lowest BCUT2D eigenvalue weighted by molar-refractivity contribution is 0.0883. The molecule has 1 aliphatic heterocycles. The van der Waals surface area contributed by atoms with Crippen LogP contribution in [0.3, 0.4) is 0 Å². The van der Waals surface area contributed by atoms with E-state index in [2.05, 4.69) is 32.9 Å². The molecule has 0 fully saturated rings. The van der Waals surface area contributed by atoms with Gasteiger partial charge in [-0.1, -0.05) is 51.1 Å². The zero-order chi connectivity index (χ0) is 18.2. The number of ether oxygens (including phenoxy) is 3. The number of aliphatic imine (C=N–C) groups is 2. The Morgan fingerprint density at radius 1 is 0.960 bits per heavy atom. The van der Waals surface area contributed by atoms with E-state index < -0.39 is 0 Å². The van der Waals surface area contributed by atoms with Crippen LogP contribution >= 0.6 is 0 Å². The summed E-state index contributed by atoms with van der Waals surface area (Å²) in [5.41, 5.74) is 1.19. The van der Waals surface area contributed by atoms with Crippen LogP contribution in [0, 0.1) is 11.8 Å². The monoisotopic (exact) mass is 346 g/mol. The Hall–Kier alpha value is -1.88. The molecule has 3 atom stereocenters. The number of benzene rings is 1. The van der Waals surface area contributed by atoms with Crippen molar-refractivity contribution < 1.29 is 14.2 Å². The van der Waals surface area contributed by atoms with Crippen molar-refractivity contribution in [2.24, 2.45) is 21.8 Å². The minimum atomic E-state index is -0.106. The smallest absolute Gasteiger partial charge is 0.209 e. The van der Waals surface area contributed by atoms with E-state index in [9.17, 15) is 0 Å². The first-order valence-corrected chi connectivity index (χ1v) is 8.90. The van der Waals surface area contributed by atoms with E-state index >= 15 is 0 Å². The third-order valence-corrected chi connectivity index (χ3v) is 4.28. The first kappa shape index (κ1) is 19.4. The second-order valence-electron chi connectivity index (χ2n) is 6.89. The van der Waals surface area contributed by atoms with Gasteiger partial charge in [-0.2, -0.15) is 0 Å². The van der Waals surface area contributed by atoms with Gasteiger partial charge in [0.1, 0.15) is 12.1 Å². The Kier molecular flexibility index (Phi) is 7.44. The zero-order valence-corrected chi connectivity index (χ0v) is 15.9. The fraction of sp³-hybridized carbons (Fsp3) is 0.600. The van der Waals surface area contributed by atoms with Crippen molar-refractivity contribution in [2.45, 2.75) is 45.9 Å². The van der Waals surface area contributed by atoms with Crippen LogP contribution in [-0.4, -0.2) is 44.7 Å². The highest BCUT2D eigenvalue weighted by Crippen LogP contribution is 2.21. The highest BCUT2D eigenvalue weighted by Gasteiger charge is 2.31. The Morgan fingerprint density at radius 2 is 1.64 bits per heavy atom. The Bertz CT molecular complexity index is 584. The van der Waals surface area contributed by atoms with Gasteiger partial charge in [0.25, 0.3) is 0 Å². The lowest BCUT2D eigenvalue weighted by Crippen LogP contribution is -2.38. The van der Waals surface area contributed by atoms with Crippen molar-refractivity contribution in [1.29, 1.82) is 0 Å². The molecule has 0 saturated heterocycles. The van der Waals surface area contributed by atoms with Crippen molar-refractivity contribution in [3.05, 3.63) is 35.9 Å². The lowest BCUT2D eigenvalue weighted by atomic mass is 9.99. The van der Waals surface area contributed by atoms with Gasteiger partial charge >= 0.3 is 0 Å². The summed E-state index contributed by atoms with van der Waals surface area (Å²) < 4.78 is 16.8. The molecule has 0 spiro atoms. The van der Waals surface area contributed by atoms with Crippen molar-refractivity contribution in [3.8, 4) is 0 Å². The second kappa shape index (κ2) is 9.56. The predicted octanol–water partition coefficient (Wildman–Crippen LogP) is 3.73. The summed E-state index contributed by atoms with van der Waals surface area (Å²) in [6.07, 6.45) is 0.819. The van der Waals surface area contributed by atoms with E-state index in [0.29, 0.717) is 36.8 Å². The average molecular weight is 346 g/mol. The third kappa shape index (κ3) is 5.56. The number of rotatable bonds is 7. The van der Waals surface area contributed by atoms with Crippen LogP contribution in [0.25, 0.3) is 0 Å². The topological polar surface area (TPSA) is 52.4 Å². The van der Waals surface area contributed by atoms with E-state index in [4.69, 9.17) is 24.2 Å². The summed E-state index contributed by atoms with van der Waals surface area (Å²) in [5, 5.41) is 0. The molecule has 2 rings (SSSR count). The molecule has 0 radical (unpaired) electrons. The molecule has 138 valence electrons. The van der Waals surface area contributed by atoms with E-state index in [-0.39, 0.29) is 12.1 Å². The molecular weight excluding hydrogens is 316 g/mol. The van der Waals surface area contributed by atoms with E-state index in [1.165, 1.54) is 5.56 Å². The number of hydrogen-bond donors (Lipinski definition) is 0. The first-order valence-electron chi connectivity index (χ1n) is 8.90. The maximum Gasteiger partial charge on any atom is 0.209 e. The van der Waals surface area contributed by atoms with Crippen molar-refractivity contribution in [1.82, 2.24) is 0 Å². The van der Waals surface area contributed by atoms with E-state index in [0.717, 1.165) is 6.42 Å². The maximum absolute atomic E-state index is 5.84. The normalized spacial score (nSPS) is 21.5. The Morgan fingerprint density at radius 3 is 2.24 bits per heavy atom. The molecule has 0 aliphatic carbocycles. The minimum Gasteiger partial charge on any atom is -0.483 e. The Balaban J connectivity index is 1.91.